The Kier molecular flexibility index (Phi) is 2.62. The molecule has 2 aliphatic carbocycles. The van der Waals surface area contributed by atoms with Gasteiger partial charge in [-0.2, -0.15) is 0 Å². The molecule has 0 aromatic carbocycles. The monoisotopic (exact) mass is 238 g/mol. The molecule has 0 saturated heterocycles. The summed E-state index contributed by atoms with van der Waals surface area (Å²) in [6.45, 7) is 6.61. The van der Waals surface area contributed by atoms with E-state index >= 15 is 0 Å². The van der Waals surface area contributed by atoms with Crippen molar-refractivity contribution in [3.05, 3.63) is 0 Å². The van der Waals surface area contributed by atoms with E-state index in [1.54, 1.807) is 0 Å². The number of amides is 1. The molecule has 2 N–H and O–H groups in total. The Morgan fingerprint density at radius 2 is 2.06 bits per heavy atom. The first-order valence-corrected chi connectivity index (χ1v) is 6.24. The smallest absolute Gasteiger partial charge is 0.231 e. The molecule has 96 valence electrons. The number of Topliss-reactive ketones (excluding diaryl/α,β-unsaturated/α-hetero) is 1. The first-order valence-electron chi connectivity index (χ1n) is 6.24. The minimum absolute atomic E-state index is 0.0284. The van der Waals surface area contributed by atoms with Crippen molar-refractivity contribution in [1.29, 1.82) is 0 Å². The van der Waals surface area contributed by atoms with Crippen molar-refractivity contribution in [3.8, 4) is 0 Å². The second-order valence-electron chi connectivity index (χ2n) is 6.39. The third-order valence-electron chi connectivity index (χ3n) is 5.38. The maximum Gasteiger partial charge on any atom is 0.231 e. The molecule has 2 aliphatic rings. The van der Waals surface area contributed by atoms with Crippen LogP contribution in [0.3, 0.4) is 0 Å². The van der Waals surface area contributed by atoms with Gasteiger partial charge < -0.3 is 5.73 Å². The van der Waals surface area contributed by atoms with Crippen LogP contribution < -0.4 is 5.73 Å². The van der Waals surface area contributed by atoms with Gasteiger partial charge in [-0.15, -0.1) is 0 Å². The fourth-order valence-corrected chi connectivity index (χ4v) is 3.89. The maximum absolute atomic E-state index is 12.5. The lowest BCUT2D eigenvalue weighted by Gasteiger charge is -2.32. The van der Waals surface area contributed by atoms with Crippen LogP contribution in [0.15, 0.2) is 0 Å². The van der Waals surface area contributed by atoms with E-state index in [1.807, 2.05) is 11.9 Å². The van der Waals surface area contributed by atoms with Crippen molar-refractivity contribution in [2.45, 2.75) is 39.7 Å². The summed E-state index contributed by atoms with van der Waals surface area (Å²) in [7, 11) is 1.83. The molecule has 3 unspecified atom stereocenters. The van der Waals surface area contributed by atoms with Gasteiger partial charge in [-0.3, -0.25) is 14.5 Å². The Morgan fingerprint density at radius 3 is 2.47 bits per heavy atom. The first kappa shape index (κ1) is 12.6. The molecule has 1 amide bonds. The van der Waals surface area contributed by atoms with Crippen LogP contribution in [-0.4, -0.2) is 36.2 Å². The lowest BCUT2D eigenvalue weighted by molar-refractivity contribution is -0.133. The molecule has 17 heavy (non-hydrogen) atoms. The molecule has 0 aromatic heterocycles. The van der Waals surface area contributed by atoms with Crippen molar-refractivity contribution in [3.63, 3.8) is 0 Å². The normalized spacial score (nSPS) is 39.0. The molecule has 2 fully saturated rings. The van der Waals surface area contributed by atoms with E-state index < -0.39 is 0 Å². The zero-order valence-electron chi connectivity index (χ0n) is 11.1. The highest BCUT2D eigenvalue weighted by Crippen LogP contribution is 2.64. The highest BCUT2D eigenvalue weighted by atomic mass is 16.1. The lowest BCUT2D eigenvalue weighted by atomic mass is 9.70. The van der Waals surface area contributed by atoms with Gasteiger partial charge in [0.2, 0.25) is 5.91 Å². The van der Waals surface area contributed by atoms with E-state index in [4.69, 9.17) is 5.73 Å². The van der Waals surface area contributed by atoms with Gasteiger partial charge in [0.05, 0.1) is 12.6 Å². The zero-order valence-corrected chi connectivity index (χ0v) is 11.1. The van der Waals surface area contributed by atoms with Crippen LogP contribution in [0.25, 0.3) is 0 Å². The molecule has 4 nitrogen and oxygen atoms in total. The quantitative estimate of drug-likeness (QED) is 0.791. The number of hydrogen-bond donors (Lipinski definition) is 1. The van der Waals surface area contributed by atoms with Crippen LogP contribution in [0.5, 0.6) is 0 Å². The van der Waals surface area contributed by atoms with E-state index in [9.17, 15) is 9.59 Å². The highest BCUT2D eigenvalue weighted by Gasteiger charge is 2.66. The van der Waals surface area contributed by atoms with E-state index in [0.29, 0.717) is 11.7 Å². The summed E-state index contributed by atoms with van der Waals surface area (Å²) in [4.78, 5) is 25.4. The zero-order chi connectivity index (χ0) is 13.0. The summed E-state index contributed by atoms with van der Waals surface area (Å²) >= 11 is 0. The predicted molar refractivity (Wildman–Crippen MR) is 65.2 cm³/mol. The van der Waals surface area contributed by atoms with Gasteiger partial charge in [-0.25, -0.2) is 0 Å². The third-order valence-corrected chi connectivity index (χ3v) is 5.38. The Labute approximate surface area is 103 Å². The van der Waals surface area contributed by atoms with Crippen LogP contribution in [0.4, 0.5) is 0 Å². The largest absolute Gasteiger partial charge is 0.369 e. The van der Waals surface area contributed by atoms with Gasteiger partial charge in [0, 0.05) is 5.41 Å². The predicted octanol–water partition coefficient (Wildman–Crippen LogP) is 0.797. The van der Waals surface area contributed by atoms with Crippen LogP contribution in [0, 0.1) is 16.7 Å². The van der Waals surface area contributed by atoms with Crippen LogP contribution in [0.1, 0.15) is 33.6 Å². The third kappa shape index (κ3) is 1.46. The van der Waals surface area contributed by atoms with Gasteiger partial charge in [-0.1, -0.05) is 20.8 Å². The van der Waals surface area contributed by atoms with Gasteiger partial charge >= 0.3 is 0 Å². The number of carbonyl (C=O) groups is 2. The summed E-state index contributed by atoms with van der Waals surface area (Å²) in [5.74, 6) is 0.276. The van der Waals surface area contributed by atoms with Gasteiger partial charge in [-0.05, 0) is 31.2 Å². The molecular formula is C13H22N2O2. The first-order chi connectivity index (χ1) is 7.72. The number of nitrogens with two attached hydrogens (primary N) is 1. The van der Waals surface area contributed by atoms with Crippen LogP contribution in [0.2, 0.25) is 0 Å². The number of ketones is 1. The summed E-state index contributed by atoms with van der Waals surface area (Å²) < 4.78 is 0. The Morgan fingerprint density at radius 1 is 1.47 bits per heavy atom. The second-order valence-corrected chi connectivity index (χ2v) is 6.39. The number of hydrogen-bond acceptors (Lipinski definition) is 3. The molecule has 4 heteroatoms. The number of fused-ring (bicyclic) bond motifs is 2. The van der Waals surface area contributed by atoms with Gasteiger partial charge in [0.15, 0.2) is 5.78 Å². The maximum atomic E-state index is 12.5. The molecule has 3 atom stereocenters. The van der Waals surface area contributed by atoms with Gasteiger partial charge in [0.25, 0.3) is 0 Å². The van der Waals surface area contributed by atoms with Crippen LogP contribution >= 0.6 is 0 Å². The van der Waals surface area contributed by atoms with Crippen molar-refractivity contribution < 1.29 is 9.59 Å². The van der Waals surface area contributed by atoms with E-state index in [0.717, 1.165) is 12.8 Å². The van der Waals surface area contributed by atoms with Crippen molar-refractivity contribution in [2.75, 3.05) is 13.6 Å². The Bertz CT molecular complexity index is 378. The molecule has 0 heterocycles. The van der Waals surface area contributed by atoms with Crippen molar-refractivity contribution in [2.24, 2.45) is 22.5 Å². The summed E-state index contributed by atoms with van der Waals surface area (Å²) in [5, 5.41) is 0. The standard InChI is InChI=1S/C13H22N2O2/c1-12(2)8-5-6-13(12,3)11(17)10(8)15(4)7-9(14)16/h8,10H,5-7H2,1-4H3,(H2,14,16). The molecule has 0 radical (unpaired) electrons. The molecule has 0 spiro atoms. The minimum atomic E-state index is -0.369. The van der Waals surface area contributed by atoms with E-state index in [1.165, 1.54) is 0 Å². The van der Waals surface area contributed by atoms with E-state index in [-0.39, 0.29) is 29.3 Å². The molecular weight excluding hydrogens is 216 g/mol. The molecule has 2 bridgehead atoms. The summed E-state index contributed by atoms with van der Waals surface area (Å²) in [6, 6.07) is -0.128. The molecule has 2 saturated carbocycles. The molecule has 2 rings (SSSR count). The Hall–Kier alpha value is -0.900. The number of carbonyl (C=O) groups excluding carboxylic acids is 2. The van der Waals surface area contributed by atoms with Crippen LogP contribution in [-0.2, 0) is 9.59 Å². The average Bonchev–Trinajstić information content (AvgIpc) is 2.48. The second kappa shape index (κ2) is 3.55. The summed E-state index contributed by atoms with van der Waals surface area (Å²) in [5.41, 5.74) is 5.01. The SMILES string of the molecule is CN(CC(N)=O)C1C(=O)C2(C)CCC1C2(C)C. The molecule has 0 aliphatic heterocycles. The van der Waals surface area contributed by atoms with Crippen molar-refractivity contribution >= 4 is 11.7 Å². The summed E-state index contributed by atoms with van der Waals surface area (Å²) in [6.07, 6.45) is 2.05. The van der Waals surface area contributed by atoms with E-state index in [2.05, 4.69) is 20.8 Å². The minimum Gasteiger partial charge on any atom is -0.369 e. The number of nitrogens with zero attached hydrogens (tertiary/aromatic N) is 1. The average molecular weight is 238 g/mol. The fourth-order valence-electron chi connectivity index (χ4n) is 3.89. The van der Waals surface area contributed by atoms with Crippen molar-refractivity contribution in [1.82, 2.24) is 4.90 Å². The molecule has 0 aromatic rings. The van der Waals surface area contributed by atoms with Gasteiger partial charge in [0.1, 0.15) is 0 Å². The number of primary amides is 1. The topological polar surface area (TPSA) is 63.4 Å². The number of rotatable bonds is 3. The highest BCUT2D eigenvalue weighted by molar-refractivity contribution is 5.94. The lowest BCUT2D eigenvalue weighted by Crippen LogP contribution is -2.47. The fraction of sp³-hybridized carbons (Fsp3) is 0.846. The Balaban J connectivity index is 2.28. The number of likely N-dealkylation sites (N-methyl/N-ethyl adjacent to an activating group) is 1.